The summed E-state index contributed by atoms with van der Waals surface area (Å²) in [5, 5.41) is 0. The van der Waals surface area contributed by atoms with E-state index < -0.39 is 10.0 Å². The van der Waals surface area contributed by atoms with Crippen molar-refractivity contribution in [2.75, 3.05) is 32.9 Å². The average Bonchev–Trinajstić information content (AvgIpc) is 1.96. The van der Waals surface area contributed by atoms with Crippen LogP contribution in [-0.4, -0.2) is 45.7 Å². The molecular formula is C5H11NO4S. The molecular weight excluding hydrogens is 170 g/mol. The van der Waals surface area contributed by atoms with Crippen molar-refractivity contribution in [3.8, 4) is 0 Å². The van der Waals surface area contributed by atoms with Crippen LogP contribution in [0.3, 0.4) is 0 Å². The quantitative estimate of drug-likeness (QED) is 0.421. The maximum atomic E-state index is 10.8. The highest BCUT2D eigenvalue weighted by atomic mass is 32.2. The lowest BCUT2D eigenvalue weighted by atomic mass is 10.7. The van der Waals surface area contributed by atoms with Gasteiger partial charge in [-0.2, -0.15) is 4.31 Å². The number of hydrogen-bond donors (Lipinski definition) is 0. The van der Waals surface area contributed by atoms with Crippen LogP contribution in [0.4, 0.5) is 0 Å². The zero-order valence-corrected chi connectivity index (χ0v) is 7.13. The first-order valence-corrected chi connectivity index (χ1v) is 4.82. The van der Waals surface area contributed by atoms with E-state index in [2.05, 4.69) is 4.74 Å². The summed E-state index contributed by atoms with van der Waals surface area (Å²) >= 11 is 0. The zero-order chi connectivity index (χ0) is 8.32. The van der Waals surface area contributed by atoms with E-state index in [-0.39, 0.29) is 19.3 Å². The lowest BCUT2D eigenvalue weighted by Crippen LogP contribution is -2.48. The van der Waals surface area contributed by atoms with Crippen molar-refractivity contribution in [1.82, 2.24) is 4.31 Å². The standard InChI is InChI=1S/C5H11NO4S/c1-9-5-10-4-6-2-3-11(6,7)8/h2-5H2,1H3. The molecule has 0 N–H and O–H groups in total. The fourth-order valence-corrected chi connectivity index (χ4v) is 1.71. The summed E-state index contributed by atoms with van der Waals surface area (Å²) in [6.07, 6.45) is 0. The average molecular weight is 181 g/mol. The summed E-state index contributed by atoms with van der Waals surface area (Å²) in [5.41, 5.74) is 0. The van der Waals surface area contributed by atoms with Gasteiger partial charge in [0.15, 0.2) is 0 Å². The van der Waals surface area contributed by atoms with Gasteiger partial charge < -0.3 is 9.47 Å². The van der Waals surface area contributed by atoms with Gasteiger partial charge >= 0.3 is 0 Å². The van der Waals surface area contributed by atoms with E-state index in [0.29, 0.717) is 6.54 Å². The molecule has 6 heteroatoms. The Morgan fingerprint density at radius 3 is 2.64 bits per heavy atom. The number of ether oxygens (including phenoxy) is 2. The van der Waals surface area contributed by atoms with Crippen molar-refractivity contribution in [1.29, 1.82) is 0 Å². The first kappa shape index (κ1) is 8.92. The van der Waals surface area contributed by atoms with E-state index in [1.165, 1.54) is 11.4 Å². The van der Waals surface area contributed by atoms with Crippen molar-refractivity contribution in [2.24, 2.45) is 0 Å². The number of nitrogens with zero attached hydrogens (tertiary/aromatic N) is 1. The minimum absolute atomic E-state index is 0.107. The second-order valence-electron chi connectivity index (χ2n) is 2.23. The number of sulfonamides is 1. The van der Waals surface area contributed by atoms with Crippen LogP contribution < -0.4 is 0 Å². The van der Waals surface area contributed by atoms with E-state index in [4.69, 9.17) is 4.74 Å². The highest BCUT2D eigenvalue weighted by Crippen LogP contribution is 2.11. The lowest BCUT2D eigenvalue weighted by Gasteiger charge is -2.29. The predicted molar refractivity (Wildman–Crippen MR) is 38.3 cm³/mol. The van der Waals surface area contributed by atoms with Gasteiger partial charge in [-0.1, -0.05) is 0 Å². The molecule has 0 saturated carbocycles. The van der Waals surface area contributed by atoms with E-state index in [0.717, 1.165) is 0 Å². The first-order chi connectivity index (χ1) is 5.17. The van der Waals surface area contributed by atoms with E-state index in [1.807, 2.05) is 0 Å². The second kappa shape index (κ2) is 3.48. The SMILES string of the molecule is COCOCN1CCS1(=O)=O. The van der Waals surface area contributed by atoms with E-state index >= 15 is 0 Å². The monoisotopic (exact) mass is 181 g/mol. The molecule has 1 aliphatic rings. The number of rotatable bonds is 4. The fourth-order valence-electron chi connectivity index (χ4n) is 0.737. The largest absolute Gasteiger partial charge is 0.359 e. The summed E-state index contributed by atoms with van der Waals surface area (Å²) in [6, 6.07) is 0. The normalized spacial score (nSPS) is 23.0. The molecule has 0 aromatic rings. The molecule has 0 bridgehead atoms. The molecule has 1 heterocycles. The van der Waals surface area contributed by atoms with Gasteiger partial charge in [0, 0.05) is 13.7 Å². The highest BCUT2D eigenvalue weighted by molar-refractivity contribution is 7.90. The van der Waals surface area contributed by atoms with Crippen molar-refractivity contribution in [2.45, 2.75) is 0 Å². The van der Waals surface area contributed by atoms with Crippen LogP contribution in [0.2, 0.25) is 0 Å². The van der Waals surface area contributed by atoms with Crippen LogP contribution in [0.15, 0.2) is 0 Å². The first-order valence-electron chi connectivity index (χ1n) is 3.21. The van der Waals surface area contributed by atoms with E-state index in [9.17, 15) is 8.42 Å². The minimum atomic E-state index is -2.95. The zero-order valence-electron chi connectivity index (χ0n) is 6.32. The van der Waals surface area contributed by atoms with E-state index in [1.54, 1.807) is 0 Å². The van der Waals surface area contributed by atoms with Gasteiger partial charge in [0.25, 0.3) is 0 Å². The molecule has 66 valence electrons. The molecule has 0 radical (unpaired) electrons. The topological polar surface area (TPSA) is 55.8 Å². The lowest BCUT2D eigenvalue weighted by molar-refractivity contribution is -0.0575. The third-order valence-electron chi connectivity index (χ3n) is 1.43. The summed E-state index contributed by atoms with van der Waals surface area (Å²) in [4.78, 5) is 0. The molecule has 0 amide bonds. The van der Waals surface area contributed by atoms with Crippen LogP contribution in [-0.2, 0) is 19.5 Å². The Morgan fingerprint density at radius 2 is 2.27 bits per heavy atom. The van der Waals surface area contributed by atoms with Gasteiger partial charge in [-0.3, -0.25) is 0 Å². The Morgan fingerprint density at radius 1 is 1.55 bits per heavy atom. The van der Waals surface area contributed by atoms with Gasteiger partial charge in [-0.25, -0.2) is 8.42 Å². The summed E-state index contributed by atoms with van der Waals surface area (Å²) < 4.78 is 32.3. The molecule has 5 nitrogen and oxygen atoms in total. The van der Waals surface area contributed by atoms with Gasteiger partial charge in [0.2, 0.25) is 10.0 Å². The maximum Gasteiger partial charge on any atom is 0.217 e. The van der Waals surface area contributed by atoms with Crippen LogP contribution >= 0.6 is 0 Å². The third-order valence-corrected chi connectivity index (χ3v) is 3.20. The summed E-state index contributed by atoms with van der Waals surface area (Å²) in [5.74, 6) is 0.239. The molecule has 0 aromatic heterocycles. The molecule has 0 atom stereocenters. The van der Waals surface area contributed by atoms with Gasteiger partial charge in [-0.05, 0) is 0 Å². The fraction of sp³-hybridized carbons (Fsp3) is 1.00. The number of methoxy groups -OCH3 is 1. The van der Waals surface area contributed by atoms with Crippen LogP contribution in [0.25, 0.3) is 0 Å². The van der Waals surface area contributed by atoms with Crippen LogP contribution in [0, 0.1) is 0 Å². The predicted octanol–water partition coefficient (Wildman–Crippen LogP) is -0.790. The Kier molecular flexibility index (Phi) is 2.83. The van der Waals surface area contributed by atoms with Crippen LogP contribution in [0.1, 0.15) is 0 Å². The molecule has 0 spiro atoms. The van der Waals surface area contributed by atoms with Gasteiger partial charge in [0.1, 0.15) is 13.5 Å². The third kappa shape index (κ3) is 2.13. The Bertz CT molecular complexity index is 213. The summed E-state index contributed by atoms with van der Waals surface area (Å²) in [7, 11) is -1.46. The molecule has 1 aliphatic heterocycles. The minimum Gasteiger partial charge on any atom is -0.359 e. The van der Waals surface area contributed by atoms with Crippen molar-refractivity contribution in [3.05, 3.63) is 0 Å². The second-order valence-corrected chi connectivity index (χ2v) is 4.32. The maximum absolute atomic E-state index is 10.8. The number of hydrogen-bond acceptors (Lipinski definition) is 4. The molecule has 1 rings (SSSR count). The molecule has 1 fully saturated rings. The molecule has 0 aromatic carbocycles. The smallest absolute Gasteiger partial charge is 0.217 e. The molecule has 11 heavy (non-hydrogen) atoms. The molecule has 0 aliphatic carbocycles. The Hall–Kier alpha value is -0.170. The van der Waals surface area contributed by atoms with Crippen molar-refractivity contribution in [3.63, 3.8) is 0 Å². The van der Waals surface area contributed by atoms with Gasteiger partial charge in [-0.15, -0.1) is 0 Å². The molecule has 0 unspecified atom stereocenters. The van der Waals surface area contributed by atoms with Gasteiger partial charge in [0.05, 0.1) is 5.75 Å². The van der Waals surface area contributed by atoms with Crippen molar-refractivity contribution < 1.29 is 17.9 Å². The van der Waals surface area contributed by atoms with Crippen molar-refractivity contribution >= 4 is 10.0 Å². The summed E-state index contributed by atoms with van der Waals surface area (Å²) in [6.45, 7) is 0.800. The Labute approximate surface area is 65.9 Å². The molecule has 1 saturated heterocycles. The Balaban J connectivity index is 2.19. The van der Waals surface area contributed by atoms with Crippen LogP contribution in [0.5, 0.6) is 0 Å². The highest BCUT2D eigenvalue weighted by Gasteiger charge is 2.32.